The average Bonchev–Trinajstić information content (AvgIpc) is 2.67. The third-order valence-electron chi connectivity index (χ3n) is 2.94. The van der Waals surface area contributed by atoms with Crippen LogP contribution in [-0.2, 0) is 4.79 Å². The second kappa shape index (κ2) is 5.44. The number of hydrogen-bond acceptors (Lipinski definition) is 4. The van der Waals surface area contributed by atoms with E-state index in [9.17, 15) is 9.59 Å². The zero-order valence-corrected chi connectivity index (χ0v) is 11.3. The molecule has 0 aromatic heterocycles. The first-order valence-corrected chi connectivity index (χ1v) is 6.90. The molecular weight excluding hydrogens is 248 g/mol. The molecular formula is C13H16N2O2S. The van der Waals surface area contributed by atoms with Gasteiger partial charge >= 0.3 is 0 Å². The predicted octanol–water partition coefficient (Wildman–Crippen LogP) is 2.55. The lowest BCUT2D eigenvalue weighted by atomic mass is 10.3. The van der Waals surface area contributed by atoms with Crippen molar-refractivity contribution in [2.75, 3.05) is 18.0 Å². The summed E-state index contributed by atoms with van der Waals surface area (Å²) in [6.07, 6.45) is 0. The molecule has 0 saturated carbocycles. The Morgan fingerprint density at radius 2 is 1.89 bits per heavy atom. The molecule has 1 saturated heterocycles. The van der Waals surface area contributed by atoms with Gasteiger partial charge in [0, 0.05) is 18.8 Å². The van der Waals surface area contributed by atoms with Gasteiger partial charge in [-0.1, -0.05) is 18.2 Å². The molecule has 1 aliphatic rings. The summed E-state index contributed by atoms with van der Waals surface area (Å²) in [5.74, 6) is -0.113. The first-order valence-electron chi connectivity index (χ1n) is 6.02. The van der Waals surface area contributed by atoms with Crippen LogP contribution >= 0.6 is 11.8 Å². The van der Waals surface area contributed by atoms with Gasteiger partial charge in [-0.25, -0.2) is 0 Å². The first kappa shape index (κ1) is 13.0. The second-order valence-electron chi connectivity index (χ2n) is 3.94. The Kier molecular flexibility index (Phi) is 3.91. The molecule has 0 N–H and O–H groups in total. The first-order chi connectivity index (χ1) is 8.69. The van der Waals surface area contributed by atoms with Crippen molar-refractivity contribution in [1.82, 2.24) is 4.90 Å². The Labute approximate surface area is 111 Å². The second-order valence-corrected chi connectivity index (χ2v) is 4.97. The average molecular weight is 264 g/mol. The summed E-state index contributed by atoms with van der Waals surface area (Å²) in [6, 6.07) is 9.71. The highest BCUT2D eigenvalue weighted by Gasteiger charge is 2.41. The number of amides is 2. The SMILES string of the molecule is CCN1C(=O)S[C@@H](N(CC)c2ccccc2)C1=O. The molecule has 0 radical (unpaired) electrons. The Bertz CT molecular complexity index is 450. The van der Waals surface area contributed by atoms with Gasteiger partial charge < -0.3 is 4.90 Å². The van der Waals surface area contributed by atoms with Gasteiger partial charge in [-0.2, -0.15) is 0 Å². The molecule has 1 aliphatic heterocycles. The lowest BCUT2D eigenvalue weighted by molar-refractivity contribution is -0.126. The molecule has 1 aromatic rings. The van der Waals surface area contributed by atoms with E-state index in [1.807, 2.05) is 49.1 Å². The van der Waals surface area contributed by atoms with Gasteiger partial charge in [0.2, 0.25) is 0 Å². The van der Waals surface area contributed by atoms with Crippen LogP contribution in [0.1, 0.15) is 13.8 Å². The summed E-state index contributed by atoms with van der Waals surface area (Å²) in [4.78, 5) is 27.1. The lowest BCUT2D eigenvalue weighted by Gasteiger charge is -2.27. The molecule has 96 valence electrons. The molecule has 0 bridgehead atoms. The number of para-hydroxylation sites is 1. The van der Waals surface area contributed by atoms with E-state index >= 15 is 0 Å². The standard InChI is InChI=1S/C13H16N2O2S/c1-3-14(10-8-6-5-7-9-10)12-11(16)15(4-2)13(17)18-12/h5-9,12H,3-4H2,1-2H3/t12-/m1/s1. The number of imide groups is 1. The molecule has 0 unspecified atom stereocenters. The van der Waals surface area contributed by atoms with E-state index in [1.165, 1.54) is 4.90 Å². The third-order valence-corrected chi connectivity index (χ3v) is 4.04. The van der Waals surface area contributed by atoms with Crippen molar-refractivity contribution in [1.29, 1.82) is 0 Å². The number of anilines is 1. The fourth-order valence-electron chi connectivity index (χ4n) is 2.02. The van der Waals surface area contributed by atoms with Crippen LogP contribution in [-0.4, -0.2) is 34.5 Å². The van der Waals surface area contributed by atoms with Crippen LogP contribution in [0.5, 0.6) is 0 Å². The number of likely N-dealkylation sites (N-methyl/N-ethyl adjacent to an activating group) is 2. The quantitative estimate of drug-likeness (QED) is 0.838. The molecule has 1 aromatic carbocycles. The molecule has 0 spiro atoms. The van der Waals surface area contributed by atoms with E-state index in [1.54, 1.807) is 0 Å². The number of carbonyl (C=O) groups excluding carboxylic acids is 2. The van der Waals surface area contributed by atoms with E-state index < -0.39 is 5.37 Å². The van der Waals surface area contributed by atoms with E-state index in [-0.39, 0.29) is 11.1 Å². The predicted molar refractivity (Wildman–Crippen MR) is 73.6 cm³/mol. The van der Waals surface area contributed by atoms with Crippen molar-refractivity contribution in [3.63, 3.8) is 0 Å². The fraction of sp³-hybridized carbons (Fsp3) is 0.385. The summed E-state index contributed by atoms with van der Waals surface area (Å²) in [6.45, 7) is 4.93. The molecule has 1 atom stereocenters. The van der Waals surface area contributed by atoms with Gasteiger partial charge in [-0.15, -0.1) is 0 Å². The van der Waals surface area contributed by atoms with Crippen molar-refractivity contribution in [3.05, 3.63) is 30.3 Å². The van der Waals surface area contributed by atoms with Gasteiger partial charge in [-0.05, 0) is 37.7 Å². The maximum absolute atomic E-state index is 12.2. The molecule has 2 amide bonds. The normalized spacial score (nSPS) is 19.4. The number of thioether (sulfide) groups is 1. The van der Waals surface area contributed by atoms with Crippen LogP contribution < -0.4 is 4.90 Å². The topological polar surface area (TPSA) is 40.6 Å². The van der Waals surface area contributed by atoms with E-state index in [2.05, 4.69) is 0 Å². The summed E-state index contributed by atoms with van der Waals surface area (Å²) in [5, 5.41) is -0.577. The fourth-order valence-corrected chi connectivity index (χ4v) is 3.18. The third kappa shape index (κ3) is 2.22. The van der Waals surface area contributed by atoms with Gasteiger partial charge in [0.25, 0.3) is 11.1 Å². The number of hydrogen-bond donors (Lipinski definition) is 0. The van der Waals surface area contributed by atoms with Gasteiger partial charge in [-0.3, -0.25) is 14.5 Å². The largest absolute Gasteiger partial charge is 0.351 e. The lowest BCUT2D eigenvalue weighted by Crippen LogP contribution is -2.41. The summed E-state index contributed by atoms with van der Waals surface area (Å²) < 4.78 is 0. The highest BCUT2D eigenvalue weighted by molar-refractivity contribution is 8.15. The number of benzene rings is 1. The monoisotopic (exact) mass is 264 g/mol. The van der Waals surface area contributed by atoms with Crippen molar-refractivity contribution >= 4 is 28.6 Å². The van der Waals surface area contributed by atoms with Crippen LogP contribution in [0.15, 0.2) is 30.3 Å². The molecule has 2 rings (SSSR count). The van der Waals surface area contributed by atoms with Gasteiger partial charge in [0.15, 0.2) is 5.37 Å². The minimum Gasteiger partial charge on any atom is -0.351 e. The van der Waals surface area contributed by atoms with Gasteiger partial charge in [0.05, 0.1) is 0 Å². The number of rotatable bonds is 4. The van der Waals surface area contributed by atoms with E-state index in [0.29, 0.717) is 13.1 Å². The molecule has 4 nitrogen and oxygen atoms in total. The van der Waals surface area contributed by atoms with Crippen LogP contribution in [0, 0.1) is 0 Å². The Morgan fingerprint density at radius 1 is 1.22 bits per heavy atom. The molecule has 1 fully saturated rings. The zero-order valence-electron chi connectivity index (χ0n) is 10.5. The maximum atomic E-state index is 12.2. The summed E-state index contributed by atoms with van der Waals surface area (Å²) in [5.41, 5.74) is 0.969. The van der Waals surface area contributed by atoms with E-state index in [0.717, 1.165) is 17.4 Å². The molecule has 1 heterocycles. The zero-order chi connectivity index (χ0) is 13.1. The Balaban J connectivity index is 2.25. The summed E-state index contributed by atoms with van der Waals surface area (Å²) in [7, 11) is 0. The van der Waals surface area contributed by atoms with E-state index in [4.69, 9.17) is 0 Å². The van der Waals surface area contributed by atoms with Crippen molar-refractivity contribution in [2.45, 2.75) is 19.2 Å². The minimum absolute atomic E-state index is 0.113. The van der Waals surface area contributed by atoms with Crippen LogP contribution in [0.2, 0.25) is 0 Å². The van der Waals surface area contributed by atoms with Crippen molar-refractivity contribution in [2.24, 2.45) is 0 Å². The minimum atomic E-state index is -0.426. The van der Waals surface area contributed by atoms with Crippen LogP contribution in [0.3, 0.4) is 0 Å². The van der Waals surface area contributed by atoms with Crippen LogP contribution in [0.25, 0.3) is 0 Å². The molecule has 0 aliphatic carbocycles. The highest BCUT2D eigenvalue weighted by Crippen LogP contribution is 2.32. The Hall–Kier alpha value is -1.49. The van der Waals surface area contributed by atoms with Crippen molar-refractivity contribution in [3.8, 4) is 0 Å². The van der Waals surface area contributed by atoms with Crippen LogP contribution in [0.4, 0.5) is 10.5 Å². The van der Waals surface area contributed by atoms with Gasteiger partial charge in [0.1, 0.15) is 0 Å². The smallest absolute Gasteiger partial charge is 0.290 e. The number of nitrogens with zero attached hydrogens (tertiary/aromatic N) is 2. The summed E-state index contributed by atoms with van der Waals surface area (Å²) >= 11 is 1.10. The Morgan fingerprint density at radius 3 is 2.39 bits per heavy atom. The maximum Gasteiger partial charge on any atom is 0.290 e. The number of carbonyl (C=O) groups is 2. The van der Waals surface area contributed by atoms with Crippen molar-refractivity contribution < 1.29 is 9.59 Å². The molecule has 18 heavy (non-hydrogen) atoms. The molecule has 5 heteroatoms. The highest BCUT2D eigenvalue weighted by atomic mass is 32.2.